The number of rotatable bonds is 5. The minimum absolute atomic E-state index is 0.0873. The molecule has 0 aliphatic rings. The van der Waals surface area contributed by atoms with Crippen molar-refractivity contribution in [2.45, 2.75) is 6.54 Å². The summed E-state index contributed by atoms with van der Waals surface area (Å²) in [4.78, 5) is 12.3. The van der Waals surface area contributed by atoms with Crippen LogP contribution in [0.1, 0.15) is 15.9 Å². The Morgan fingerprint density at radius 1 is 1.24 bits per heavy atom. The fourth-order valence-corrected chi connectivity index (χ4v) is 2.45. The maximum absolute atomic E-state index is 13.8. The summed E-state index contributed by atoms with van der Waals surface area (Å²) in [5, 5.41) is 7.58. The van der Waals surface area contributed by atoms with Crippen LogP contribution in [0.3, 0.4) is 0 Å². The van der Waals surface area contributed by atoms with Crippen LogP contribution in [0, 0.1) is 5.82 Å². The molecular weight excluding hydrogens is 345 g/mol. The lowest BCUT2D eigenvalue weighted by Crippen LogP contribution is -2.16. The molecule has 0 unspecified atom stereocenters. The average Bonchev–Trinajstić information content (AvgIpc) is 3.03. The van der Waals surface area contributed by atoms with E-state index in [9.17, 15) is 9.18 Å². The van der Waals surface area contributed by atoms with Gasteiger partial charge in [-0.15, -0.1) is 0 Å². The number of methoxy groups -OCH3 is 1. The molecule has 1 aromatic heterocycles. The summed E-state index contributed by atoms with van der Waals surface area (Å²) in [6.45, 7) is 0.469. The summed E-state index contributed by atoms with van der Waals surface area (Å²) in [5.41, 5.74) is 1.18. The van der Waals surface area contributed by atoms with Gasteiger partial charge in [0.1, 0.15) is 5.82 Å². The molecule has 1 heterocycles. The molecule has 2 aromatic carbocycles. The monoisotopic (exact) mass is 359 g/mol. The summed E-state index contributed by atoms with van der Waals surface area (Å²) in [7, 11) is 1.37. The van der Waals surface area contributed by atoms with E-state index in [1.165, 1.54) is 19.2 Å². The number of hydrogen-bond donors (Lipinski definition) is 1. The van der Waals surface area contributed by atoms with Crippen LogP contribution in [0.2, 0.25) is 5.02 Å². The molecule has 0 aliphatic carbocycles. The number of halogens is 2. The summed E-state index contributed by atoms with van der Waals surface area (Å²) in [6.07, 6.45) is 1.58. The second kappa shape index (κ2) is 7.36. The largest absolute Gasteiger partial charge is 0.494 e. The van der Waals surface area contributed by atoms with E-state index in [4.69, 9.17) is 16.3 Å². The van der Waals surface area contributed by atoms with Crippen LogP contribution in [0.25, 0.3) is 0 Å². The van der Waals surface area contributed by atoms with E-state index < -0.39 is 11.7 Å². The highest BCUT2D eigenvalue weighted by molar-refractivity contribution is 6.30. The Morgan fingerprint density at radius 3 is 2.68 bits per heavy atom. The molecule has 7 heteroatoms. The van der Waals surface area contributed by atoms with E-state index in [0.29, 0.717) is 17.4 Å². The third-order valence-electron chi connectivity index (χ3n) is 3.62. The summed E-state index contributed by atoms with van der Waals surface area (Å²) in [5.74, 6) is -0.426. The predicted octanol–water partition coefficient (Wildman–Crippen LogP) is 3.98. The van der Waals surface area contributed by atoms with Gasteiger partial charge >= 0.3 is 0 Å². The van der Waals surface area contributed by atoms with Crippen molar-refractivity contribution in [3.63, 3.8) is 0 Å². The maximum atomic E-state index is 13.8. The highest BCUT2D eigenvalue weighted by Crippen LogP contribution is 2.19. The highest BCUT2D eigenvalue weighted by Gasteiger charge is 2.12. The van der Waals surface area contributed by atoms with Gasteiger partial charge < -0.3 is 10.1 Å². The van der Waals surface area contributed by atoms with Crippen LogP contribution in [0.5, 0.6) is 5.75 Å². The molecule has 0 aliphatic heterocycles. The van der Waals surface area contributed by atoms with Crippen molar-refractivity contribution in [2.75, 3.05) is 12.4 Å². The molecule has 0 fully saturated rings. The summed E-state index contributed by atoms with van der Waals surface area (Å²) in [6, 6.07) is 13.1. The molecule has 0 saturated carbocycles. The molecule has 0 radical (unpaired) electrons. The molecule has 1 amide bonds. The van der Waals surface area contributed by atoms with Gasteiger partial charge in [0.15, 0.2) is 11.6 Å². The number of nitrogens with zero attached hydrogens (tertiary/aromatic N) is 2. The Morgan fingerprint density at radius 2 is 2.00 bits per heavy atom. The maximum Gasteiger partial charge on any atom is 0.256 e. The lowest BCUT2D eigenvalue weighted by Gasteiger charge is -2.10. The number of ether oxygens (including phenoxy) is 1. The van der Waals surface area contributed by atoms with E-state index in [-0.39, 0.29) is 11.3 Å². The van der Waals surface area contributed by atoms with Gasteiger partial charge in [0, 0.05) is 16.7 Å². The highest BCUT2D eigenvalue weighted by atomic mass is 35.5. The van der Waals surface area contributed by atoms with Crippen molar-refractivity contribution >= 4 is 23.3 Å². The number of aromatic nitrogens is 2. The number of hydrogen-bond acceptors (Lipinski definition) is 3. The Hall–Kier alpha value is -2.86. The summed E-state index contributed by atoms with van der Waals surface area (Å²) >= 11 is 5.88. The van der Waals surface area contributed by atoms with Crippen molar-refractivity contribution in [1.82, 2.24) is 9.78 Å². The molecule has 0 bridgehead atoms. The SMILES string of the molecule is COc1ccc(C(=O)Nc2ccnn2Cc2ccc(Cl)cc2)cc1F. The van der Waals surface area contributed by atoms with E-state index in [0.717, 1.165) is 11.6 Å². The zero-order valence-electron chi connectivity index (χ0n) is 13.4. The van der Waals surface area contributed by atoms with Gasteiger partial charge in [-0.2, -0.15) is 5.10 Å². The molecule has 0 saturated heterocycles. The Balaban J connectivity index is 1.75. The fraction of sp³-hybridized carbons (Fsp3) is 0.111. The van der Waals surface area contributed by atoms with Gasteiger partial charge in [0.2, 0.25) is 0 Å². The van der Waals surface area contributed by atoms with Crippen molar-refractivity contribution in [3.8, 4) is 5.75 Å². The van der Waals surface area contributed by atoms with Gasteiger partial charge in [-0.1, -0.05) is 23.7 Å². The minimum Gasteiger partial charge on any atom is -0.494 e. The smallest absolute Gasteiger partial charge is 0.256 e. The normalized spacial score (nSPS) is 10.5. The molecular formula is C18H15ClFN3O2. The lowest BCUT2D eigenvalue weighted by atomic mass is 10.2. The first kappa shape index (κ1) is 17.0. The second-order valence-electron chi connectivity index (χ2n) is 5.30. The predicted molar refractivity (Wildman–Crippen MR) is 93.7 cm³/mol. The second-order valence-corrected chi connectivity index (χ2v) is 5.74. The standard InChI is InChI=1S/C18H15ClFN3O2/c1-25-16-7-4-13(10-15(16)20)18(24)22-17-8-9-21-23(17)11-12-2-5-14(19)6-3-12/h2-10H,11H2,1H3,(H,22,24). The van der Waals surface area contributed by atoms with Crippen LogP contribution >= 0.6 is 11.6 Å². The number of anilines is 1. The molecule has 1 N–H and O–H groups in total. The summed E-state index contributed by atoms with van der Waals surface area (Å²) < 4.78 is 20.2. The average molecular weight is 360 g/mol. The third-order valence-corrected chi connectivity index (χ3v) is 3.87. The van der Waals surface area contributed by atoms with Crippen LogP contribution in [0.4, 0.5) is 10.2 Å². The number of nitrogens with one attached hydrogen (secondary N) is 1. The molecule has 128 valence electrons. The molecule has 0 spiro atoms. The van der Waals surface area contributed by atoms with Crippen molar-refractivity contribution < 1.29 is 13.9 Å². The molecule has 3 rings (SSSR count). The Bertz CT molecular complexity index is 894. The van der Waals surface area contributed by atoms with E-state index >= 15 is 0 Å². The Labute approximate surface area is 149 Å². The van der Waals surface area contributed by atoms with Crippen LogP contribution < -0.4 is 10.1 Å². The van der Waals surface area contributed by atoms with Gasteiger partial charge in [-0.05, 0) is 35.9 Å². The zero-order chi connectivity index (χ0) is 17.8. The minimum atomic E-state index is -0.593. The van der Waals surface area contributed by atoms with Crippen LogP contribution in [0.15, 0.2) is 54.7 Å². The molecule has 3 aromatic rings. The van der Waals surface area contributed by atoms with E-state index in [1.807, 2.05) is 12.1 Å². The van der Waals surface area contributed by atoms with Crippen LogP contribution in [-0.2, 0) is 6.54 Å². The van der Waals surface area contributed by atoms with E-state index in [2.05, 4.69) is 10.4 Å². The number of benzene rings is 2. The molecule has 5 nitrogen and oxygen atoms in total. The van der Waals surface area contributed by atoms with Gasteiger partial charge in [-0.25, -0.2) is 9.07 Å². The molecule has 25 heavy (non-hydrogen) atoms. The van der Waals surface area contributed by atoms with E-state index in [1.54, 1.807) is 29.1 Å². The van der Waals surface area contributed by atoms with Crippen LogP contribution in [-0.4, -0.2) is 22.8 Å². The third kappa shape index (κ3) is 3.97. The van der Waals surface area contributed by atoms with Crippen molar-refractivity contribution in [2.24, 2.45) is 0 Å². The van der Waals surface area contributed by atoms with Gasteiger partial charge in [0.25, 0.3) is 5.91 Å². The van der Waals surface area contributed by atoms with Crippen molar-refractivity contribution in [3.05, 3.63) is 76.7 Å². The molecule has 0 atom stereocenters. The first-order valence-corrected chi connectivity index (χ1v) is 7.86. The van der Waals surface area contributed by atoms with Crippen molar-refractivity contribution in [1.29, 1.82) is 0 Å². The first-order valence-electron chi connectivity index (χ1n) is 7.48. The van der Waals surface area contributed by atoms with Gasteiger partial charge in [-0.3, -0.25) is 4.79 Å². The quantitative estimate of drug-likeness (QED) is 0.749. The number of carbonyl (C=O) groups excluding carboxylic acids is 1. The topological polar surface area (TPSA) is 56.1 Å². The first-order chi connectivity index (χ1) is 12.1. The lowest BCUT2D eigenvalue weighted by molar-refractivity contribution is 0.102. The van der Waals surface area contributed by atoms with Gasteiger partial charge in [0.05, 0.1) is 19.9 Å². The Kier molecular flexibility index (Phi) is 5.00. The number of amides is 1. The number of carbonyl (C=O) groups is 1. The fourth-order valence-electron chi connectivity index (χ4n) is 2.32. The zero-order valence-corrected chi connectivity index (χ0v) is 14.1.